The Morgan fingerprint density at radius 1 is 0.358 bits per heavy atom. The third kappa shape index (κ3) is 21.9. The number of aromatic hydroxyl groups is 1. The quantitative estimate of drug-likeness (QED) is 0.0520. The zero-order valence-corrected chi connectivity index (χ0v) is 72.9. The van der Waals surface area contributed by atoms with Crippen LogP contribution in [0.25, 0.3) is 84.5 Å². The number of aromatic nitrogens is 10. The molecule has 15 heterocycles. The molecule has 0 aliphatic carbocycles. The fraction of sp³-hybridized carbons (Fsp3) is 0.258. The maximum absolute atomic E-state index is 14.2. The topological polar surface area (TPSA) is 344 Å². The molecule has 0 bridgehead atoms. The Hall–Kier alpha value is -15.5. The van der Waals surface area contributed by atoms with E-state index in [1.165, 1.54) is 81.0 Å². The number of hydrogen-bond acceptors (Lipinski definition) is 26. The molecule has 0 amide bonds. The molecular weight excluding hydrogens is 1730 g/mol. The van der Waals surface area contributed by atoms with E-state index in [-0.39, 0.29) is 44.8 Å². The van der Waals surface area contributed by atoms with Gasteiger partial charge in [0.15, 0.2) is 41.3 Å². The number of nitrogens with zero attached hydrogens (tertiary/aromatic N) is 17. The van der Waals surface area contributed by atoms with Gasteiger partial charge in [-0.2, -0.15) is 23.7 Å². The van der Waals surface area contributed by atoms with Crippen molar-refractivity contribution in [1.82, 2.24) is 73.5 Å². The number of benzene rings is 5. The van der Waals surface area contributed by atoms with Crippen LogP contribution in [-0.2, 0) is 0 Å². The summed E-state index contributed by atoms with van der Waals surface area (Å²) in [6, 6.07) is 54.5. The number of phenols is 1. The number of piperazine rings is 5. The van der Waals surface area contributed by atoms with Gasteiger partial charge in [-0.15, -0.1) is 0 Å². The van der Waals surface area contributed by atoms with Crippen LogP contribution in [-0.4, -0.2) is 209 Å². The van der Waals surface area contributed by atoms with Gasteiger partial charge in [0.05, 0.1) is 87.8 Å². The third-order valence-corrected chi connectivity index (χ3v) is 22.9. The molecule has 686 valence electrons. The standard InChI is InChI=1S/C20H18F4N4O2.C20H21FN4O2.C20H19N5O2.C19H17N5O.C18H17FN4O2/c21-15-9-13(1-3-17(15)30-12-20(22,23)24)16-10-19(29)28-11-14(2-4-18(28)26-16)27-7-5-25-6-8-27;1-2-27-18-5-3-14(11-16(18)21)17-12-20(26)25-13-15(4-6-19(25)23-17)24-9-7-22-8-10-24;1-27-18-4-2-14(10-15(18)12-21)17-11-20(26)25-13-16(3-5-19(25)23-17)24-8-6-22-7-9-24;20-12-14-2-1-3-15(10-14)17-11-19(25)24-13-16(4-5-18(24)22-17)23-8-6-21-7-9-23;19-14-9-12(1-3-16(14)24)15-10-18(25)23-11-13(2-4-17(23)21-15)22-7-5-20-6-8-22/h1-4,9-11,25H,5-8,12H2;3-6,11-13,22H,2,7-10H2,1H3;2-5,10-11,13,22H,6-9H2,1H3;1-5,10-11,13,21H,6-9H2;1-4,9-11,20,24H,5-8H2. The molecule has 0 atom stereocenters. The molecule has 0 unspecified atom stereocenters. The molecule has 15 aromatic rings. The van der Waals surface area contributed by atoms with Gasteiger partial charge in [-0.05, 0) is 153 Å². The molecule has 134 heavy (non-hydrogen) atoms. The normalized spacial score (nSPS) is 14.6. The van der Waals surface area contributed by atoms with Gasteiger partial charge in [-0.3, -0.25) is 46.0 Å². The van der Waals surface area contributed by atoms with Crippen LogP contribution in [0.1, 0.15) is 18.1 Å². The van der Waals surface area contributed by atoms with Crippen LogP contribution < -0.4 is 93.1 Å². The largest absolute Gasteiger partial charge is 0.505 e. The fourth-order valence-electron chi connectivity index (χ4n) is 16.0. The number of hydrogen-bond donors (Lipinski definition) is 6. The van der Waals surface area contributed by atoms with Gasteiger partial charge >= 0.3 is 6.18 Å². The van der Waals surface area contributed by atoms with Crippen LogP contribution in [0.4, 0.5) is 54.8 Å². The molecule has 5 fully saturated rings. The van der Waals surface area contributed by atoms with Gasteiger partial charge in [0.25, 0.3) is 27.8 Å². The molecule has 5 saturated heterocycles. The van der Waals surface area contributed by atoms with E-state index < -0.39 is 41.7 Å². The lowest BCUT2D eigenvalue weighted by Gasteiger charge is -2.29. The summed E-state index contributed by atoms with van der Waals surface area (Å²) in [7, 11) is 1.52. The second-order valence-electron chi connectivity index (χ2n) is 31.7. The van der Waals surface area contributed by atoms with E-state index in [0.29, 0.717) is 91.2 Å². The van der Waals surface area contributed by atoms with Gasteiger partial charge in [0, 0.05) is 220 Å². The van der Waals surface area contributed by atoms with Gasteiger partial charge in [-0.1, -0.05) is 12.1 Å². The Bertz CT molecular complexity index is 7260. The van der Waals surface area contributed by atoms with Crippen molar-refractivity contribution in [2.75, 3.05) is 176 Å². The maximum Gasteiger partial charge on any atom is 0.422 e. The molecule has 0 radical (unpaired) electrons. The Morgan fingerprint density at radius 3 is 0.933 bits per heavy atom. The van der Waals surface area contributed by atoms with Crippen LogP contribution >= 0.6 is 0 Å². The molecule has 6 N–H and O–H groups in total. The van der Waals surface area contributed by atoms with Gasteiger partial charge in [-0.25, -0.2) is 38.1 Å². The van der Waals surface area contributed by atoms with E-state index in [4.69, 9.17) is 14.7 Å². The number of alkyl halides is 3. The number of fused-ring (bicyclic) bond motifs is 5. The molecule has 5 aliphatic rings. The van der Waals surface area contributed by atoms with E-state index >= 15 is 0 Å². The summed E-state index contributed by atoms with van der Waals surface area (Å²) in [6.45, 7) is 18.6. The summed E-state index contributed by atoms with van der Waals surface area (Å²) >= 11 is 0. The number of pyridine rings is 5. The SMILES string of the molecule is CCOc1ccc(-c2cc(=O)n3cc(N4CCNCC4)ccc3n2)cc1F.COc1ccc(-c2cc(=O)n3cc(N4CCNCC4)ccc3n2)cc1C#N.N#Cc1cccc(-c2cc(=O)n3cc(N4CCNCC4)ccc3n2)c1.O=c1cc(-c2ccc(O)c(F)c2)nc2ccc(N3CCNCC3)cn12.O=c1cc(-c2ccc(OCC(F)(F)F)c(F)c2)nc2ccc(N3CCNCC3)cn12. The number of rotatable bonds is 15. The maximum atomic E-state index is 14.2. The highest BCUT2D eigenvalue weighted by atomic mass is 19.4. The fourth-order valence-corrected chi connectivity index (χ4v) is 16.0. The van der Waals surface area contributed by atoms with Crippen LogP contribution in [0.5, 0.6) is 23.0 Å². The summed E-state index contributed by atoms with van der Waals surface area (Å²) in [6.07, 6.45) is 4.45. The van der Waals surface area contributed by atoms with E-state index in [0.717, 1.165) is 177 Å². The minimum atomic E-state index is -4.57. The molecule has 37 heteroatoms. The zero-order valence-electron chi connectivity index (χ0n) is 72.9. The Labute approximate surface area is 762 Å². The smallest absolute Gasteiger partial charge is 0.422 e. The average molecular weight is 1820 g/mol. The minimum absolute atomic E-state index is 0.126. The number of methoxy groups -OCH3 is 1. The van der Waals surface area contributed by atoms with E-state index in [1.54, 1.807) is 88.8 Å². The van der Waals surface area contributed by atoms with Gasteiger partial charge in [0.1, 0.15) is 40.1 Å². The number of nitrogens with one attached hydrogen (secondary N) is 5. The highest BCUT2D eigenvalue weighted by molar-refractivity contribution is 5.71. The highest BCUT2D eigenvalue weighted by Crippen LogP contribution is 2.32. The van der Waals surface area contributed by atoms with Gasteiger partial charge in [0.2, 0.25) is 0 Å². The predicted octanol–water partition coefficient (Wildman–Crippen LogP) is 10.1. The number of ether oxygens (including phenoxy) is 3. The number of anilines is 5. The van der Waals surface area contributed by atoms with Crippen molar-refractivity contribution in [3.05, 3.63) is 299 Å². The first-order chi connectivity index (χ1) is 65.0. The summed E-state index contributed by atoms with van der Waals surface area (Å²) in [5.74, 6) is -2.43. The van der Waals surface area contributed by atoms with Crippen molar-refractivity contribution in [3.8, 4) is 91.4 Å². The van der Waals surface area contributed by atoms with Crippen molar-refractivity contribution in [2.24, 2.45) is 0 Å². The van der Waals surface area contributed by atoms with Crippen molar-refractivity contribution >= 4 is 56.7 Å². The zero-order chi connectivity index (χ0) is 93.5. The lowest BCUT2D eigenvalue weighted by molar-refractivity contribution is -0.153. The second-order valence-corrected chi connectivity index (χ2v) is 31.7. The van der Waals surface area contributed by atoms with Crippen LogP contribution in [0, 0.1) is 40.1 Å². The van der Waals surface area contributed by atoms with Crippen molar-refractivity contribution < 1.29 is 45.7 Å². The second kappa shape index (κ2) is 41.7. The molecule has 5 aromatic carbocycles. The first-order valence-corrected chi connectivity index (χ1v) is 43.5. The minimum Gasteiger partial charge on any atom is -0.505 e. The number of phenolic OH excluding ortho intramolecular Hbond substituents is 1. The molecule has 0 saturated carbocycles. The van der Waals surface area contributed by atoms with Crippen molar-refractivity contribution in [2.45, 2.75) is 13.1 Å². The van der Waals surface area contributed by atoms with Crippen LogP contribution in [0.3, 0.4) is 0 Å². The number of nitriles is 2. The van der Waals surface area contributed by atoms with E-state index in [1.807, 2.05) is 73.2 Å². The first kappa shape index (κ1) is 91.8. The molecular formula is C97H92F6N22O9. The summed E-state index contributed by atoms with van der Waals surface area (Å²) in [4.78, 5) is 96.7. The Kier molecular flexibility index (Phi) is 28.6. The Balaban J connectivity index is 0.000000122. The lowest BCUT2D eigenvalue weighted by Crippen LogP contribution is -2.43. The number of halogens is 6. The van der Waals surface area contributed by atoms with Crippen molar-refractivity contribution in [1.29, 1.82) is 10.5 Å². The molecule has 20 rings (SSSR count). The summed E-state index contributed by atoms with van der Waals surface area (Å²) in [5, 5.41) is 44.1. The van der Waals surface area contributed by atoms with E-state index in [2.05, 4.69) is 92.9 Å². The average Bonchev–Trinajstić information content (AvgIpc) is 0.808. The molecule has 0 spiro atoms. The molecule has 10 aromatic heterocycles. The van der Waals surface area contributed by atoms with Crippen LogP contribution in [0.2, 0.25) is 0 Å². The van der Waals surface area contributed by atoms with Crippen molar-refractivity contribution in [3.63, 3.8) is 0 Å². The monoisotopic (exact) mass is 1820 g/mol. The summed E-state index contributed by atoms with van der Waals surface area (Å²) < 4.78 is 101. The third-order valence-electron chi connectivity index (χ3n) is 22.9. The Morgan fingerprint density at radius 2 is 0.649 bits per heavy atom. The molecule has 31 nitrogen and oxygen atoms in total. The first-order valence-electron chi connectivity index (χ1n) is 43.5. The molecule has 5 aliphatic heterocycles. The van der Waals surface area contributed by atoms with E-state index in [9.17, 15) is 60.7 Å². The van der Waals surface area contributed by atoms with Crippen LogP contribution in [0.15, 0.2) is 243 Å². The van der Waals surface area contributed by atoms with Gasteiger partial charge < -0.3 is 70.4 Å². The lowest BCUT2D eigenvalue weighted by atomic mass is 10.1. The highest BCUT2D eigenvalue weighted by Gasteiger charge is 2.30. The summed E-state index contributed by atoms with van der Waals surface area (Å²) in [5.41, 5.74) is 12.3. The predicted molar refractivity (Wildman–Crippen MR) is 500 cm³/mol.